The molecule has 0 spiro atoms. The number of rotatable bonds is 6. The van der Waals surface area contributed by atoms with Crippen LogP contribution in [0.15, 0.2) is 48.8 Å². The molecule has 1 heterocycles. The molecule has 8 nitrogen and oxygen atoms in total. The zero-order valence-electron chi connectivity index (χ0n) is 19.4. The molecular weight excluding hydrogens is 404 g/mol. The molecule has 168 valence electrons. The lowest BCUT2D eigenvalue weighted by Gasteiger charge is -2.23. The zero-order chi connectivity index (χ0) is 23.5. The third-order valence-electron chi connectivity index (χ3n) is 5.32. The van der Waals surface area contributed by atoms with Crippen LogP contribution in [0.25, 0.3) is 5.69 Å². The molecule has 1 aromatic heterocycles. The Morgan fingerprint density at radius 3 is 2.28 bits per heavy atom. The van der Waals surface area contributed by atoms with Crippen LogP contribution in [0.5, 0.6) is 0 Å². The largest absolute Gasteiger partial charge is 0.340 e. The van der Waals surface area contributed by atoms with E-state index in [0.717, 1.165) is 16.8 Å². The Hall–Kier alpha value is -3.55. The fraction of sp³-hybridized carbons (Fsp3) is 0.375. The van der Waals surface area contributed by atoms with Crippen LogP contribution in [-0.2, 0) is 10.2 Å². The van der Waals surface area contributed by atoms with Crippen LogP contribution in [0.4, 0.5) is 5.69 Å². The topological polar surface area (TPSA) is 102 Å². The van der Waals surface area contributed by atoms with Crippen LogP contribution in [0, 0.1) is 12.8 Å². The molecule has 0 bridgehead atoms. The van der Waals surface area contributed by atoms with E-state index in [1.165, 1.54) is 11.0 Å². The first-order valence-corrected chi connectivity index (χ1v) is 10.6. The Morgan fingerprint density at radius 1 is 1.03 bits per heavy atom. The van der Waals surface area contributed by atoms with E-state index in [9.17, 15) is 9.59 Å². The normalized spacial score (nSPS) is 12.5. The number of hydrogen-bond acceptors (Lipinski definition) is 5. The molecule has 1 atom stereocenters. The lowest BCUT2D eigenvalue weighted by molar-refractivity contribution is -0.118. The summed E-state index contributed by atoms with van der Waals surface area (Å²) in [6.45, 7) is 12.1. The van der Waals surface area contributed by atoms with Gasteiger partial charge >= 0.3 is 0 Å². The maximum atomic E-state index is 13.0. The molecule has 2 amide bonds. The monoisotopic (exact) mass is 434 g/mol. The van der Waals surface area contributed by atoms with Crippen molar-refractivity contribution in [2.75, 3.05) is 5.32 Å². The second kappa shape index (κ2) is 9.30. The lowest BCUT2D eigenvalue weighted by atomic mass is 9.86. The van der Waals surface area contributed by atoms with Crippen molar-refractivity contribution in [1.82, 2.24) is 25.5 Å². The summed E-state index contributed by atoms with van der Waals surface area (Å²) in [6, 6.07) is 12.3. The van der Waals surface area contributed by atoms with Gasteiger partial charge in [-0.25, -0.2) is 4.68 Å². The standard InChI is InChI=1S/C24H30N6O2/c1-15(2)21(27-22(31)17-8-10-18(11-9-17)24(4,5)6)23(32)26-19-12-7-16(3)20(13-19)30-14-25-28-29-30/h7-15,21H,1-6H3,(H,26,32)(H,27,31). The van der Waals surface area contributed by atoms with E-state index < -0.39 is 6.04 Å². The fourth-order valence-electron chi connectivity index (χ4n) is 3.31. The molecule has 0 saturated heterocycles. The summed E-state index contributed by atoms with van der Waals surface area (Å²) in [4.78, 5) is 25.8. The first-order valence-electron chi connectivity index (χ1n) is 10.6. The number of tetrazole rings is 1. The third-order valence-corrected chi connectivity index (χ3v) is 5.32. The Kier molecular flexibility index (Phi) is 6.72. The van der Waals surface area contributed by atoms with Gasteiger partial charge in [0.2, 0.25) is 5.91 Å². The minimum atomic E-state index is -0.692. The minimum absolute atomic E-state index is 0.00451. The SMILES string of the molecule is Cc1ccc(NC(=O)C(NC(=O)c2ccc(C(C)(C)C)cc2)C(C)C)cc1-n1cnnn1. The van der Waals surface area contributed by atoms with Crippen molar-refractivity contribution < 1.29 is 9.59 Å². The van der Waals surface area contributed by atoms with Gasteiger partial charge in [-0.2, -0.15) is 0 Å². The van der Waals surface area contributed by atoms with E-state index in [1.54, 1.807) is 18.2 Å². The number of aromatic nitrogens is 4. The number of nitrogens with zero attached hydrogens (tertiary/aromatic N) is 4. The van der Waals surface area contributed by atoms with Crippen molar-refractivity contribution in [2.24, 2.45) is 5.92 Å². The number of aryl methyl sites for hydroxylation is 1. The molecule has 0 aliphatic heterocycles. The summed E-state index contributed by atoms with van der Waals surface area (Å²) >= 11 is 0. The summed E-state index contributed by atoms with van der Waals surface area (Å²) in [5.41, 5.74) is 3.99. The average Bonchev–Trinajstić information content (AvgIpc) is 3.27. The molecule has 1 unspecified atom stereocenters. The van der Waals surface area contributed by atoms with Crippen molar-refractivity contribution in [3.63, 3.8) is 0 Å². The number of nitrogens with one attached hydrogen (secondary N) is 2. The van der Waals surface area contributed by atoms with Crippen molar-refractivity contribution in [3.05, 3.63) is 65.5 Å². The van der Waals surface area contributed by atoms with Gasteiger partial charge in [0.25, 0.3) is 5.91 Å². The van der Waals surface area contributed by atoms with Crippen molar-refractivity contribution in [2.45, 2.75) is 53.0 Å². The van der Waals surface area contributed by atoms with E-state index in [2.05, 4.69) is 46.9 Å². The number of hydrogen-bond donors (Lipinski definition) is 2. The molecule has 0 fully saturated rings. The van der Waals surface area contributed by atoms with Gasteiger partial charge in [0, 0.05) is 11.3 Å². The van der Waals surface area contributed by atoms with Gasteiger partial charge in [0.05, 0.1) is 5.69 Å². The van der Waals surface area contributed by atoms with Crippen LogP contribution >= 0.6 is 0 Å². The first-order chi connectivity index (χ1) is 15.1. The van der Waals surface area contributed by atoms with Crippen molar-refractivity contribution in [3.8, 4) is 5.69 Å². The Morgan fingerprint density at radius 2 is 1.72 bits per heavy atom. The molecule has 3 aromatic rings. The predicted molar refractivity (Wildman–Crippen MR) is 124 cm³/mol. The number of amides is 2. The van der Waals surface area contributed by atoms with E-state index in [0.29, 0.717) is 11.3 Å². The second-order valence-electron chi connectivity index (χ2n) is 9.27. The Labute approximate surface area is 188 Å². The van der Waals surface area contributed by atoms with Crippen molar-refractivity contribution >= 4 is 17.5 Å². The van der Waals surface area contributed by atoms with Gasteiger partial charge in [0.15, 0.2) is 0 Å². The Balaban J connectivity index is 1.74. The summed E-state index contributed by atoms with van der Waals surface area (Å²) < 4.78 is 1.54. The van der Waals surface area contributed by atoms with Gasteiger partial charge in [-0.15, -0.1) is 5.10 Å². The highest BCUT2D eigenvalue weighted by Crippen LogP contribution is 2.22. The van der Waals surface area contributed by atoms with Gasteiger partial charge in [-0.3, -0.25) is 9.59 Å². The molecule has 2 N–H and O–H groups in total. The molecule has 32 heavy (non-hydrogen) atoms. The minimum Gasteiger partial charge on any atom is -0.340 e. The lowest BCUT2D eigenvalue weighted by Crippen LogP contribution is -2.47. The van der Waals surface area contributed by atoms with Gasteiger partial charge < -0.3 is 10.6 Å². The zero-order valence-corrected chi connectivity index (χ0v) is 19.4. The summed E-state index contributed by atoms with van der Waals surface area (Å²) in [5.74, 6) is -0.666. The summed E-state index contributed by atoms with van der Waals surface area (Å²) in [6.07, 6.45) is 1.50. The van der Waals surface area contributed by atoms with E-state index in [4.69, 9.17) is 0 Å². The maximum Gasteiger partial charge on any atom is 0.251 e. The van der Waals surface area contributed by atoms with Crippen LogP contribution in [0.1, 0.15) is 56.1 Å². The van der Waals surface area contributed by atoms with Crippen LogP contribution in [0.2, 0.25) is 0 Å². The van der Waals surface area contributed by atoms with Crippen LogP contribution in [-0.4, -0.2) is 38.1 Å². The Bertz CT molecular complexity index is 1080. The summed E-state index contributed by atoms with van der Waals surface area (Å²) in [7, 11) is 0. The molecule has 8 heteroatoms. The molecule has 0 aliphatic rings. The molecule has 3 rings (SSSR count). The van der Waals surface area contributed by atoms with Crippen molar-refractivity contribution in [1.29, 1.82) is 0 Å². The van der Waals surface area contributed by atoms with Gasteiger partial charge in [-0.05, 0) is 64.1 Å². The number of anilines is 1. The average molecular weight is 435 g/mol. The van der Waals surface area contributed by atoms with Gasteiger partial charge in [-0.1, -0.05) is 52.8 Å². The molecular formula is C24H30N6O2. The molecule has 2 aromatic carbocycles. The van der Waals surface area contributed by atoms with Gasteiger partial charge in [0.1, 0.15) is 12.4 Å². The highest BCUT2D eigenvalue weighted by molar-refractivity contribution is 6.01. The second-order valence-corrected chi connectivity index (χ2v) is 9.27. The van der Waals surface area contributed by atoms with Crippen LogP contribution in [0.3, 0.4) is 0 Å². The highest BCUT2D eigenvalue weighted by atomic mass is 16.2. The number of carbonyl (C=O) groups is 2. The van der Waals surface area contributed by atoms with E-state index in [-0.39, 0.29) is 23.1 Å². The van der Waals surface area contributed by atoms with E-state index in [1.807, 2.05) is 45.0 Å². The third kappa shape index (κ3) is 5.38. The fourth-order valence-corrected chi connectivity index (χ4v) is 3.31. The number of benzene rings is 2. The highest BCUT2D eigenvalue weighted by Gasteiger charge is 2.25. The summed E-state index contributed by atoms with van der Waals surface area (Å²) in [5, 5.41) is 17.0. The molecule has 0 aliphatic carbocycles. The number of carbonyl (C=O) groups excluding carboxylic acids is 2. The van der Waals surface area contributed by atoms with E-state index >= 15 is 0 Å². The molecule has 0 saturated carbocycles. The first kappa shape index (κ1) is 23.1. The maximum absolute atomic E-state index is 13.0. The smallest absolute Gasteiger partial charge is 0.251 e. The quantitative estimate of drug-likeness (QED) is 0.616. The molecule has 0 radical (unpaired) electrons. The predicted octanol–water partition coefficient (Wildman–Crippen LogP) is 3.66. The van der Waals surface area contributed by atoms with Crippen LogP contribution < -0.4 is 10.6 Å².